The molecule has 0 unspecified atom stereocenters. The average Bonchev–Trinajstić information content (AvgIpc) is 2.33. The van der Waals surface area contributed by atoms with Gasteiger partial charge >= 0.3 is 4.57 Å². The van der Waals surface area contributed by atoms with Crippen molar-refractivity contribution >= 4 is 26.9 Å². The fourth-order valence-electron chi connectivity index (χ4n) is 0.490. The van der Waals surface area contributed by atoms with Crippen LogP contribution in [0.2, 0.25) is 0 Å². The molecule has 0 fully saturated rings. The van der Waals surface area contributed by atoms with E-state index in [1.807, 2.05) is 0 Å². The summed E-state index contributed by atoms with van der Waals surface area (Å²) in [4.78, 5) is 0. The van der Waals surface area contributed by atoms with Gasteiger partial charge in [0.05, 0.1) is 0 Å². The molecule has 0 atom stereocenters. The summed E-state index contributed by atoms with van der Waals surface area (Å²) in [6.45, 7) is 1.72. The van der Waals surface area contributed by atoms with Crippen molar-refractivity contribution in [2.45, 2.75) is 6.92 Å². The monoisotopic (exact) mass is 322 g/mol. The third-order valence-corrected chi connectivity index (χ3v) is 1.66. The molecule has 0 amide bonds. The van der Waals surface area contributed by atoms with E-state index in [9.17, 15) is 0 Å². The first-order chi connectivity index (χ1) is 8.31. The SMILES string of the molecule is C#CC#CC#CC#CB(I)C#CC#CC#CC. The molecular formula is C15H4BI. The summed E-state index contributed by atoms with van der Waals surface area (Å²) in [5.41, 5.74) is 0. The van der Waals surface area contributed by atoms with Crippen molar-refractivity contribution in [2.75, 3.05) is 0 Å². The Morgan fingerprint density at radius 1 is 0.765 bits per heavy atom. The predicted molar refractivity (Wildman–Crippen MR) is 80.9 cm³/mol. The van der Waals surface area contributed by atoms with E-state index < -0.39 is 0 Å². The van der Waals surface area contributed by atoms with E-state index in [0.29, 0.717) is 0 Å². The lowest BCUT2D eigenvalue weighted by Crippen LogP contribution is -1.93. The third kappa shape index (κ3) is 11.6. The van der Waals surface area contributed by atoms with Crippen molar-refractivity contribution in [3.8, 4) is 83.2 Å². The predicted octanol–water partition coefficient (Wildman–Crippen LogP) is 1.16. The Kier molecular flexibility index (Phi) is 10.2. The lowest BCUT2D eigenvalue weighted by atomic mass is 9.81. The molecular weight excluding hydrogens is 318 g/mol. The minimum absolute atomic E-state index is 0.119. The van der Waals surface area contributed by atoms with Gasteiger partial charge in [0.1, 0.15) is 0 Å². The second-order valence-electron chi connectivity index (χ2n) is 2.17. The largest absolute Gasteiger partial charge is 0.384 e. The first kappa shape index (κ1) is 14.7. The van der Waals surface area contributed by atoms with Gasteiger partial charge in [0.25, 0.3) is 0 Å². The number of halogens is 1. The molecule has 0 spiro atoms. The molecule has 2 heteroatoms. The molecule has 0 aromatic carbocycles. The highest BCUT2D eigenvalue weighted by Gasteiger charge is 1.96. The van der Waals surface area contributed by atoms with Crippen LogP contribution in [-0.2, 0) is 0 Å². The molecule has 0 aliphatic rings. The van der Waals surface area contributed by atoms with Crippen LogP contribution >= 0.6 is 22.4 Å². The number of rotatable bonds is 0. The highest BCUT2D eigenvalue weighted by molar-refractivity contribution is 14.1. The van der Waals surface area contributed by atoms with E-state index in [0.717, 1.165) is 0 Å². The van der Waals surface area contributed by atoms with Crippen LogP contribution in [0.25, 0.3) is 0 Å². The Hall–Kier alpha value is -2.29. The summed E-state index contributed by atoms with van der Waals surface area (Å²) in [6, 6.07) is 0. The fourth-order valence-corrected chi connectivity index (χ4v) is 0.801. The maximum Gasteiger partial charge on any atom is 0.384 e. The van der Waals surface area contributed by atoms with E-state index in [2.05, 4.69) is 99.1 Å². The number of hydrogen-bond acceptors (Lipinski definition) is 0. The van der Waals surface area contributed by atoms with Crippen LogP contribution in [0.1, 0.15) is 6.92 Å². The second-order valence-corrected chi connectivity index (χ2v) is 3.42. The van der Waals surface area contributed by atoms with Crippen LogP contribution in [0, 0.1) is 83.2 Å². The second kappa shape index (κ2) is 11.8. The topological polar surface area (TPSA) is 0 Å². The standard InChI is InChI=1S/C15H4BI/c1-3-5-7-9-11-13-15-16(17)14-12-10-8-6-4-2/h1H,2H3. The van der Waals surface area contributed by atoms with Gasteiger partial charge in [-0.2, -0.15) is 0 Å². The first-order valence-corrected chi connectivity index (χ1v) is 5.58. The molecule has 0 bridgehead atoms. The van der Waals surface area contributed by atoms with E-state index in [1.165, 1.54) is 0 Å². The summed E-state index contributed by atoms with van der Waals surface area (Å²) >= 11 is 2.08. The molecule has 74 valence electrons. The minimum atomic E-state index is -0.119. The van der Waals surface area contributed by atoms with Gasteiger partial charge in [0.2, 0.25) is 0 Å². The maximum absolute atomic E-state index is 4.91. The normalized spacial score (nSPS) is 4.53. The zero-order valence-corrected chi connectivity index (χ0v) is 11.2. The minimum Gasteiger partial charge on any atom is -0.112 e. The number of hydrogen-bond donors (Lipinski definition) is 0. The van der Waals surface area contributed by atoms with Crippen molar-refractivity contribution < 1.29 is 0 Å². The van der Waals surface area contributed by atoms with Crippen LogP contribution in [-0.4, -0.2) is 4.57 Å². The number of terminal acetylenes is 1. The molecule has 0 nitrogen and oxygen atoms in total. The van der Waals surface area contributed by atoms with Gasteiger partial charge in [0.15, 0.2) is 0 Å². The molecule has 17 heavy (non-hydrogen) atoms. The van der Waals surface area contributed by atoms with Crippen molar-refractivity contribution in [1.82, 2.24) is 0 Å². The van der Waals surface area contributed by atoms with E-state index in [4.69, 9.17) is 6.42 Å². The van der Waals surface area contributed by atoms with Gasteiger partial charge in [-0.05, 0) is 66.1 Å². The van der Waals surface area contributed by atoms with E-state index >= 15 is 0 Å². The van der Waals surface area contributed by atoms with Gasteiger partial charge in [-0.3, -0.25) is 0 Å². The van der Waals surface area contributed by atoms with Gasteiger partial charge in [-0.25, -0.2) is 0 Å². The Balaban J connectivity index is 4.36. The molecule has 0 aliphatic carbocycles. The van der Waals surface area contributed by atoms with Gasteiger partial charge in [-0.15, -0.1) is 40.4 Å². The summed E-state index contributed by atoms with van der Waals surface area (Å²) in [7, 11) is 0. The van der Waals surface area contributed by atoms with Crippen LogP contribution < -0.4 is 0 Å². The molecule has 0 heterocycles. The smallest absolute Gasteiger partial charge is 0.112 e. The maximum atomic E-state index is 4.91. The van der Waals surface area contributed by atoms with E-state index in [-0.39, 0.29) is 4.57 Å². The average molecular weight is 322 g/mol. The van der Waals surface area contributed by atoms with Gasteiger partial charge in [0, 0.05) is 0 Å². The summed E-state index contributed by atoms with van der Waals surface area (Å²) < 4.78 is -0.119. The third-order valence-electron chi connectivity index (χ3n) is 1.03. The molecule has 0 saturated heterocycles. The summed E-state index contributed by atoms with van der Waals surface area (Å²) in [5, 5.41) is 0. The first-order valence-electron chi connectivity index (χ1n) is 4.33. The van der Waals surface area contributed by atoms with Crippen LogP contribution in [0.15, 0.2) is 0 Å². The van der Waals surface area contributed by atoms with Crippen molar-refractivity contribution in [2.24, 2.45) is 0 Å². The van der Waals surface area contributed by atoms with Gasteiger partial charge < -0.3 is 0 Å². The van der Waals surface area contributed by atoms with Gasteiger partial charge in [-0.1, -0.05) is 5.92 Å². The van der Waals surface area contributed by atoms with Crippen LogP contribution in [0.4, 0.5) is 0 Å². The Morgan fingerprint density at radius 3 is 1.76 bits per heavy atom. The molecule has 0 aromatic rings. The lowest BCUT2D eigenvalue weighted by Gasteiger charge is -1.75. The molecule has 0 N–H and O–H groups in total. The molecule has 0 rings (SSSR count). The molecule has 0 aromatic heterocycles. The summed E-state index contributed by atoms with van der Waals surface area (Å²) in [6.07, 6.45) is 4.91. The van der Waals surface area contributed by atoms with Crippen molar-refractivity contribution in [1.29, 1.82) is 0 Å². The molecule has 0 aliphatic heterocycles. The Labute approximate surface area is 117 Å². The molecule has 0 saturated carbocycles. The van der Waals surface area contributed by atoms with Crippen LogP contribution in [0.5, 0.6) is 0 Å². The quantitative estimate of drug-likeness (QED) is 0.357. The zero-order chi connectivity index (χ0) is 12.8. The fraction of sp³-hybridized carbons (Fsp3) is 0.0667. The highest BCUT2D eigenvalue weighted by atomic mass is 127. The van der Waals surface area contributed by atoms with Crippen molar-refractivity contribution in [3.63, 3.8) is 0 Å². The Morgan fingerprint density at radius 2 is 1.24 bits per heavy atom. The van der Waals surface area contributed by atoms with E-state index in [1.54, 1.807) is 6.92 Å². The van der Waals surface area contributed by atoms with Crippen LogP contribution in [0.3, 0.4) is 0 Å². The van der Waals surface area contributed by atoms with Crippen molar-refractivity contribution in [3.05, 3.63) is 0 Å². The molecule has 0 radical (unpaired) electrons. The highest BCUT2D eigenvalue weighted by Crippen LogP contribution is 1.88. The summed E-state index contributed by atoms with van der Waals surface area (Å²) in [5.74, 6) is 33.4. The zero-order valence-electron chi connectivity index (χ0n) is 9.03. The Bertz CT molecular complexity index is 669. The lowest BCUT2D eigenvalue weighted by molar-refractivity contribution is 1.92.